The molecule has 1 aromatic carbocycles. The Morgan fingerprint density at radius 1 is 1.20 bits per heavy atom. The second-order valence-electron chi connectivity index (χ2n) is 4.47. The molecule has 20 heavy (non-hydrogen) atoms. The fourth-order valence-electron chi connectivity index (χ4n) is 1.79. The van der Waals surface area contributed by atoms with Crippen molar-refractivity contribution >= 4 is 21.4 Å². The van der Waals surface area contributed by atoms with Crippen molar-refractivity contribution < 1.29 is 13.5 Å². The fraction of sp³-hybridized carbons (Fsp3) is 0.286. The standard InChI is InChI=1S/C14H17NO3S2/c1-11-7-9-19-14(11)10-15-20(17,18)13-4-2-12(3-5-13)6-8-16/h2-5,7,9,15-16H,6,8,10H2,1H3. The van der Waals surface area contributed by atoms with Gasteiger partial charge < -0.3 is 5.11 Å². The summed E-state index contributed by atoms with van der Waals surface area (Å²) in [5, 5.41) is 10.8. The molecule has 0 saturated carbocycles. The second-order valence-corrected chi connectivity index (χ2v) is 7.24. The van der Waals surface area contributed by atoms with Crippen LogP contribution in [-0.4, -0.2) is 20.1 Å². The number of benzene rings is 1. The maximum absolute atomic E-state index is 12.2. The molecule has 0 amide bonds. The summed E-state index contributed by atoms with van der Waals surface area (Å²) in [7, 11) is -3.49. The molecule has 2 N–H and O–H groups in total. The Morgan fingerprint density at radius 2 is 1.90 bits per heavy atom. The Labute approximate surface area is 123 Å². The molecule has 0 fully saturated rings. The summed E-state index contributed by atoms with van der Waals surface area (Å²) in [6, 6.07) is 8.55. The lowest BCUT2D eigenvalue weighted by Gasteiger charge is -2.07. The summed E-state index contributed by atoms with van der Waals surface area (Å²) in [5.74, 6) is 0. The predicted molar refractivity (Wildman–Crippen MR) is 80.3 cm³/mol. The van der Waals surface area contributed by atoms with Gasteiger partial charge in [-0.1, -0.05) is 12.1 Å². The van der Waals surface area contributed by atoms with Crippen LogP contribution in [0.25, 0.3) is 0 Å². The summed E-state index contributed by atoms with van der Waals surface area (Å²) in [5.41, 5.74) is 2.01. The quantitative estimate of drug-likeness (QED) is 0.858. The summed E-state index contributed by atoms with van der Waals surface area (Å²) >= 11 is 1.54. The second kappa shape index (κ2) is 6.49. The molecule has 2 rings (SSSR count). The highest BCUT2D eigenvalue weighted by Crippen LogP contribution is 2.17. The molecule has 0 saturated heterocycles. The van der Waals surface area contributed by atoms with Gasteiger partial charge in [-0.05, 0) is 48.1 Å². The van der Waals surface area contributed by atoms with Crippen LogP contribution in [0.1, 0.15) is 16.0 Å². The van der Waals surface area contributed by atoms with Gasteiger partial charge in [0.2, 0.25) is 10.0 Å². The van der Waals surface area contributed by atoms with E-state index >= 15 is 0 Å². The monoisotopic (exact) mass is 311 g/mol. The molecule has 0 aliphatic rings. The molecule has 0 spiro atoms. The van der Waals surface area contributed by atoms with E-state index < -0.39 is 10.0 Å². The van der Waals surface area contributed by atoms with E-state index in [1.165, 1.54) is 11.3 Å². The first kappa shape index (κ1) is 15.2. The van der Waals surface area contributed by atoms with Gasteiger partial charge in [0.1, 0.15) is 0 Å². The van der Waals surface area contributed by atoms with Gasteiger partial charge in [0.15, 0.2) is 0 Å². The molecule has 1 heterocycles. The molecule has 2 aromatic rings. The van der Waals surface area contributed by atoms with Gasteiger partial charge in [-0.2, -0.15) is 0 Å². The minimum atomic E-state index is -3.49. The highest BCUT2D eigenvalue weighted by atomic mass is 32.2. The zero-order valence-electron chi connectivity index (χ0n) is 11.2. The van der Waals surface area contributed by atoms with Crippen molar-refractivity contribution in [2.24, 2.45) is 0 Å². The fourth-order valence-corrected chi connectivity index (χ4v) is 3.73. The minimum absolute atomic E-state index is 0.0575. The van der Waals surface area contributed by atoms with Crippen molar-refractivity contribution in [2.45, 2.75) is 24.8 Å². The van der Waals surface area contributed by atoms with Gasteiger partial charge in [-0.15, -0.1) is 11.3 Å². The van der Waals surface area contributed by atoms with Crippen molar-refractivity contribution in [3.05, 3.63) is 51.7 Å². The molecular weight excluding hydrogens is 294 g/mol. The van der Waals surface area contributed by atoms with E-state index in [2.05, 4.69) is 4.72 Å². The molecule has 0 aliphatic carbocycles. The summed E-state index contributed by atoms with van der Waals surface area (Å²) in [4.78, 5) is 1.26. The first-order valence-electron chi connectivity index (χ1n) is 6.25. The van der Waals surface area contributed by atoms with Crippen molar-refractivity contribution in [1.82, 2.24) is 4.72 Å². The van der Waals surface area contributed by atoms with Crippen LogP contribution in [0.15, 0.2) is 40.6 Å². The zero-order valence-corrected chi connectivity index (χ0v) is 12.8. The average Bonchev–Trinajstić information content (AvgIpc) is 2.83. The van der Waals surface area contributed by atoms with Gasteiger partial charge in [-0.25, -0.2) is 13.1 Å². The molecule has 0 radical (unpaired) electrons. The van der Waals surface area contributed by atoms with E-state index in [1.807, 2.05) is 18.4 Å². The molecule has 0 aliphatic heterocycles. The van der Waals surface area contributed by atoms with Gasteiger partial charge in [-0.3, -0.25) is 0 Å². The molecule has 0 unspecified atom stereocenters. The lowest BCUT2D eigenvalue weighted by atomic mass is 10.2. The maximum Gasteiger partial charge on any atom is 0.240 e. The van der Waals surface area contributed by atoms with E-state index in [9.17, 15) is 8.42 Å². The molecule has 1 aromatic heterocycles. The average molecular weight is 311 g/mol. The SMILES string of the molecule is Cc1ccsc1CNS(=O)(=O)c1ccc(CCO)cc1. The third-order valence-corrected chi connectivity index (χ3v) is 5.47. The number of aliphatic hydroxyl groups excluding tert-OH is 1. The number of nitrogens with one attached hydrogen (secondary N) is 1. The number of rotatable bonds is 6. The number of aliphatic hydroxyl groups is 1. The van der Waals surface area contributed by atoms with Crippen molar-refractivity contribution in [3.63, 3.8) is 0 Å². The van der Waals surface area contributed by atoms with Crippen LogP contribution < -0.4 is 4.72 Å². The summed E-state index contributed by atoms with van der Waals surface area (Å²) < 4.78 is 26.9. The molecule has 108 valence electrons. The predicted octanol–water partition coefficient (Wildman–Crippen LogP) is 2.07. The smallest absolute Gasteiger partial charge is 0.240 e. The van der Waals surface area contributed by atoms with Crippen LogP contribution in [0.2, 0.25) is 0 Å². The van der Waals surface area contributed by atoms with Crippen LogP contribution in [-0.2, 0) is 23.0 Å². The van der Waals surface area contributed by atoms with Crippen LogP contribution in [0.4, 0.5) is 0 Å². The van der Waals surface area contributed by atoms with E-state index in [0.717, 1.165) is 16.0 Å². The molecule has 4 nitrogen and oxygen atoms in total. The summed E-state index contributed by atoms with van der Waals surface area (Å²) in [6.07, 6.45) is 0.530. The third-order valence-electron chi connectivity index (χ3n) is 3.03. The van der Waals surface area contributed by atoms with Gasteiger partial charge >= 0.3 is 0 Å². The van der Waals surface area contributed by atoms with Gasteiger partial charge in [0, 0.05) is 18.0 Å². The highest BCUT2D eigenvalue weighted by Gasteiger charge is 2.14. The number of hydrogen-bond acceptors (Lipinski definition) is 4. The van der Waals surface area contributed by atoms with E-state index in [1.54, 1.807) is 24.3 Å². The highest BCUT2D eigenvalue weighted by molar-refractivity contribution is 7.89. The minimum Gasteiger partial charge on any atom is -0.396 e. The molecule has 0 bridgehead atoms. The van der Waals surface area contributed by atoms with E-state index in [0.29, 0.717) is 13.0 Å². The van der Waals surface area contributed by atoms with Crippen LogP contribution >= 0.6 is 11.3 Å². The van der Waals surface area contributed by atoms with Crippen molar-refractivity contribution in [3.8, 4) is 0 Å². The number of hydrogen-bond donors (Lipinski definition) is 2. The Morgan fingerprint density at radius 3 is 2.45 bits per heavy atom. The van der Waals surface area contributed by atoms with Crippen LogP contribution in [0.5, 0.6) is 0 Å². The topological polar surface area (TPSA) is 66.4 Å². The normalized spacial score (nSPS) is 11.7. The van der Waals surface area contributed by atoms with E-state index in [4.69, 9.17) is 5.11 Å². The van der Waals surface area contributed by atoms with Gasteiger partial charge in [0.25, 0.3) is 0 Å². The number of aryl methyl sites for hydroxylation is 1. The van der Waals surface area contributed by atoms with Crippen LogP contribution in [0.3, 0.4) is 0 Å². The molecular formula is C14H17NO3S2. The van der Waals surface area contributed by atoms with Gasteiger partial charge in [0.05, 0.1) is 4.90 Å². The van der Waals surface area contributed by atoms with Crippen LogP contribution in [0, 0.1) is 6.92 Å². The largest absolute Gasteiger partial charge is 0.396 e. The Kier molecular flexibility index (Phi) is 4.93. The lowest BCUT2D eigenvalue weighted by Crippen LogP contribution is -2.23. The number of thiophene rings is 1. The summed E-state index contributed by atoms with van der Waals surface area (Å²) in [6.45, 7) is 2.33. The molecule has 0 atom stereocenters. The van der Waals surface area contributed by atoms with Crippen molar-refractivity contribution in [2.75, 3.05) is 6.61 Å². The Balaban J connectivity index is 2.08. The Hall–Kier alpha value is -1.21. The zero-order chi connectivity index (χ0) is 14.6. The van der Waals surface area contributed by atoms with Crippen molar-refractivity contribution in [1.29, 1.82) is 0 Å². The Bertz CT molecular complexity index is 660. The lowest BCUT2D eigenvalue weighted by molar-refractivity contribution is 0.299. The van der Waals surface area contributed by atoms with E-state index in [-0.39, 0.29) is 11.5 Å². The molecule has 6 heteroatoms. The third kappa shape index (κ3) is 3.67. The first-order valence-corrected chi connectivity index (χ1v) is 8.61. The number of sulfonamides is 1. The maximum atomic E-state index is 12.2. The first-order chi connectivity index (χ1) is 9.53.